The van der Waals surface area contributed by atoms with Crippen LogP contribution < -0.4 is 0 Å². The van der Waals surface area contributed by atoms with Gasteiger partial charge in [0.15, 0.2) is 11.4 Å². The molecule has 2 saturated carbocycles. The van der Waals surface area contributed by atoms with Gasteiger partial charge in [-0.25, -0.2) is 4.79 Å². The molecular weight excluding hydrogens is 488 g/mol. The van der Waals surface area contributed by atoms with E-state index in [2.05, 4.69) is 0 Å². The molecule has 0 aliphatic heterocycles. The molecule has 38 heavy (non-hydrogen) atoms. The summed E-state index contributed by atoms with van der Waals surface area (Å²) >= 11 is 0. The first kappa shape index (κ1) is 28.7. The van der Waals surface area contributed by atoms with E-state index >= 15 is 0 Å². The lowest BCUT2D eigenvalue weighted by molar-refractivity contribution is -0.228. The van der Waals surface area contributed by atoms with Gasteiger partial charge in [0.2, 0.25) is 0 Å². The third-order valence-corrected chi connectivity index (χ3v) is 10.2. The van der Waals surface area contributed by atoms with Crippen LogP contribution in [-0.2, 0) is 23.9 Å². The third-order valence-electron chi connectivity index (χ3n) is 10.2. The highest BCUT2D eigenvalue weighted by Crippen LogP contribution is 2.77. The fraction of sp³-hybridized carbons (Fsp3) is 0.700. The predicted molar refractivity (Wildman–Crippen MR) is 139 cm³/mol. The molecule has 3 N–H and O–H groups in total. The van der Waals surface area contributed by atoms with Crippen LogP contribution in [0.1, 0.15) is 68.2 Å². The first-order chi connectivity index (χ1) is 17.6. The summed E-state index contributed by atoms with van der Waals surface area (Å²) in [5, 5.41) is 34.7. The largest absolute Gasteiger partial charge is 0.454 e. The molecule has 0 spiro atoms. The molecular formula is C30H42O8. The molecule has 0 heterocycles. The fourth-order valence-electron chi connectivity index (χ4n) is 7.58. The van der Waals surface area contributed by atoms with Gasteiger partial charge in [0.05, 0.1) is 18.1 Å². The molecule has 0 radical (unpaired) electrons. The second-order valence-corrected chi connectivity index (χ2v) is 12.5. The molecule has 210 valence electrons. The number of ketones is 1. The SMILES string of the molecule is C/C=C(\C)C(=O)O[C@@H]1[C@@H](C)[C@@]2(O)[C@@H](C=C(CO)C[C@]3(O)C(=O)C(C)=C[C@@H]23)[C@H]2C(C)(C)[C@]12OC(=O)C(C)CC. The van der Waals surface area contributed by atoms with Gasteiger partial charge in [-0.1, -0.05) is 52.8 Å². The number of aliphatic hydroxyl groups is 3. The zero-order chi connectivity index (χ0) is 28.6. The summed E-state index contributed by atoms with van der Waals surface area (Å²) in [4.78, 5) is 39.6. The summed E-state index contributed by atoms with van der Waals surface area (Å²) in [5.41, 5.74) is -4.51. The Kier molecular flexibility index (Phi) is 6.90. The zero-order valence-corrected chi connectivity index (χ0v) is 23.7. The van der Waals surface area contributed by atoms with Crippen LogP contribution in [0.25, 0.3) is 0 Å². The summed E-state index contributed by atoms with van der Waals surface area (Å²) in [6, 6.07) is 0. The highest BCUT2D eigenvalue weighted by molar-refractivity contribution is 6.04. The van der Waals surface area contributed by atoms with Crippen molar-refractivity contribution in [2.45, 2.75) is 91.1 Å². The van der Waals surface area contributed by atoms with E-state index < -0.39 is 76.3 Å². The van der Waals surface area contributed by atoms with E-state index in [0.29, 0.717) is 23.1 Å². The normalized spacial score (nSPS) is 42.0. The van der Waals surface area contributed by atoms with Crippen molar-refractivity contribution >= 4 is 17.7 Å². The van der Waals surface area contributed by atoms with Crippen LogP contribution in [0.4, 0.5) is 0 Å². The summed E-state index contributed by atoms with van der Waals surface area (Å²) in [5.74, 6) is -4.91. The minimum absolute atomic E-state index is 0.124. The van der Waals surface area contributed by atoms with Crippen molar-refractivity contribution in [1.82, 2.24) is 0 Å². The van der Waals surface area contributed by atoms with Gasteiger partial charge in [-0.3, -0.25) is 9.59 Å². The highest BCUT2D eigenvalue weighted by atomic mass is 16.6. The van der Waals surface area contributed by atoms with Crippen LogP contribution in [0.2, 0.25) is 0 Å². The van der Waals surface area contributed by atoms with E-state index in [9.17, 15) is 29.7 Å². The van der Waals surface area contributed by atoms with E-state index in [1.165, 1.54) is 0 Å². The molecule has 9 atom stereocenters. The number of Topliss-reactive ketones (excluding diaryl/α,β-unsaturated/α-hetero) is 1. The number of rotatable bonds is 6. The molecule has 4 aliphatic carbocycles. The maximum absolute atomic E-state index is 13.3. The van der Waals surface area contributed by atoms with Crippen LogP contribution in [0, 0.1) is 35.0 Å². The van der Waals surface area contributed by atoms with Gasteiger partial charge in [-0.05, 0) is 38.3 Å². The van der Waals surface area contributed by atoms with Gasteiger partial charge < -0.3 is 24.8 Å². The van der Waals surface area contributed by atoms with Crippen LogP contribution in [0.15, 0.2) is 34.9 Å². The molecule has 0 aromatic heterocycles. The van der Waals surface area contributed by atoms with E-state index in [4.69, 9.17) is 9.47 Å². The van der Waals surface area contributed by atoms with Crippen molar-refractivity contribution in [1.29, 1.82) is 0 Å². The average Bonchev–Trinajstić information content (AvgIpc) is 3.30. The standard InChI is InChI=1S/C30H42O8/c1-9-15(3)25(33)37-24-18(6)29(36)20(22-27(7,8)30(22,24)38-26(34)16(4)10-2)12-19(14-31)13-28(35)21(29)11-17(5)23(28)32/h9,11-12,16,18,20-22,24,31,35-36H,10,13-14H2,1-8H3/b15-9+/t16?,18-,20+,21-,22+,24-,28-,29-,30-/m1/s1. The molecule has 8 nitrogen and oxygen atoms in total. The van der Waals surface area contributed by atoms with Crippen molar-refractivity contribution in [3.63, 3.8) is 0 Å². The number of aliphatic hydroxyl groups excluding tert-OH is 1. The second kappa shape index (κ2) is 9.14. The Morgan fingerprint density at radius 1 is 1.24 bits per heavy atom. The molecule has 2 fully saturated rings. The maximum Gasteiger partial charge on any atom is 0.333 e. The lowest BCUT2D eigenvalue weighted by Crippen LogP contribution is -2.66. The van der Waals surface area contributed by atoms with Gasteiger partial charge in [-0.15, -0.1) is 0 Å². The van der Waals surface area contributed by atoms with Gasteiger partial charge in [0, 0.05) is 41.1 Å². The van der Waals surface area contributed by atoms with E-state index in [1.54, 1.807) is 52.8 Å². The van der Waals surface area contributed by atoms with E-state index in [-0.39, 0.29) is 12.3 Å². The number of hydrogen-bond acceptors (Lipinski definition) is 8. The van der Waals surface area contributed by atoms with Crippen molar-refractivity contribution in [2.24, 2.45) is 35.0 Å². The Bertz CT molecular complexity index is 1150. The predicted octanol–water partition coefficient (Wildman–Crippen LogP) is 3.04. The Balaban J connectivity index is 1.95. The minimum atomic E-state index is -1.95. The first-order valence-electron chi connectivity index (χ1n) is 13.6. The Hall–Kier alpha value is -2.29. The molecule has 0 saturated heterocycles. The van der Waals surface area contributed by atoms with Crippen LogP contribution >= 0.6 is 0 Å². The number of fused-ring (bicyclic) bond motifs is 5. The number of carbonyl (C=O) groups is 3. The van der Waals surface area contributed by atoms with Gasteiger partial charge in [0.25, 0.3) is 0 Å². The number of esters is 2. The lowest BCUT2D eigenvalue weighted by Gasteiger charge is -2.53. The average molecular weight is 531 g/mol. The van der Waals surface area contributed by atoms with Gasteiger partial charge >= 0.3 is 11.9 Å². The van der Waals surface area contributed by atoms with Crippen LogP contribution in [0.5, 0.6) is 0 Å². The molecule has 1 unspecified atom stereocenters. The minimum Gasteiger partial charge on any atom is -0.454 e. The molecule has 0 amide bonds. The molecule has 8 heteroatoms. The summed E-state index contributed by atoms with van der Waals surface area (Å²) in [6.07, 6.45) is 4.40. The summed E-state index contributed by atoms with van der Waals surface area (Å²) in [7, 11) is 0. The van der Waals surface area contributed by atoms with Gasteiger partial charge in [0.1, 0.15) is 11.7 Å². The smallest absolute Gasteiger partial charge is 0.333 e. The molecule has 0 bridgehead atoms. The summed E-state index contributed by atoms with van der Waals surface area (Å²) < 4.78 is 12.4. The number of carbonyl (C=O) groups excluding carboxylic acids is 3. The summed E-state index contributed by atoms with van der Waals surface area (Å²) in [6.45, 7) is 13.8. The highest BCUT2D eigenvalue weighted by Gasteiger charge is 2.88. The van der Waals surface area contributed by atoms with E-state index in [1.807, 2.05) is 20.8 Å². The van der Waals surface area contributed by atoms with Crippen molar-refractivity contribution < 1.29 is 39.2 Å². The topological polar surface area (TPSA) is 130 Å². The second-order valence-electron chi connectivity index (χ2n) is 12.5. The Labute approximate surface area is 224 Å². The van der Waals surface area contributed by atoms with Gasteiger partial charge in [-0.2, -0.15) is 0 Å². The molecule has 0 aromatic rings. The molecule has 4 aliphatic rings. The fourth-order valence-corrected chi connectivity index (χ4v) is 7.58. The Morgan fingerprint density at radius 2 is 1.87 bits per heavy atom. The first-order valence-corrected chi connectivity index (χ1v) is 13.6. The number of hydrogen-bond donors (Lipinski definition) is 3. The number of allylic oxidation sites excluding steroid dienone is 1. The van der Waals surface area contributed by atoms with Crippen LogP contribution in [0.3, 0.4) is 0 Å². The maximum atomic E-state index is 13.3. The quantitative estimate of drug-likeness (QED) is 0.271. The molecule has 0 aromatic carbocycles. The van der Waals surface area contributed by atoms with Crippen molar-refractivity contribution in [3.8, 4) is 0 Å². The van der Waals surface area contributed by atoms with E-state index in [0.717, 1.165) is 0 Å². The van der Waals surface area contributed by atoms with Crippen LogP contribution in [-0.4, -0.2) is 62.6 Å². The lowest BCUT2D eigenvalue weighted by atomic mass is 9.59. The van der Waals surface area contributed by atoms with Crippen molar-refractivity contribution in [2.75, 3.05) is 6.61 Å². The Morgan fingerprint density at radius 3 is 2.42 bits per heavy atom. The van der Waals surface area contributed by atoms with Crippen molar-refractivity contribution in [3.05, 3.63) is 34.9 Å². The number of ether oxygens (including phenoxy) is 2. The zero-order valence-electron chi connectivity index (χ0n) is 23.7. The molecule has 4 rings (SSSR count). The third kappa shape index (κ3) is 3.56. The monoisotopic (exact) mass is 530 g/mol.